The summed E-state index contributed by atoms with van der Waals surface area (Å²) < 4.78 is 42.0. The Balaban J connectivity index is 1.51. The Morgan fingerprint density at radius 2 is 1.97 bits per heavy atom. The van der Waals surface area contributed by atoms with Crippen LogP contribution in [-0.4, -0.2) is 50.5 Å². The maximum absolute atomic E-state index is 13.1. The molecule has 7 nitrogen and oxygen atoms in total. The van der Waals surface area contributed by atoms with Crippen molar-refractivity contribution in [3.63, 3.8) is 0 Å². The fourth-order valence-corrected chi connectivity index (χ4v) is 3.99. The average Bonchev–Trinajstić information content (AvgIpc) is 3.36. The molecular formula is C21H23F3N6O. The van der Waals surface area contributed by atoms with E-state index in [-0.39, 0.29) is 23.4 Å². The van der Waals surface area contributed by atoms with Crippen LogP contribution in [0, 0.1) is 5.92 Å². The topological polar surface area (TPSA) is 68.0 Å². The van der Waals surface area contributed by atoms with Crippen molar-refractivity contribution in [1.29, 1.82) is 0 Å². The first kappa shape index (κ1) is 21.1. The number of aryl methyl sites for hydroxylation is 1. The number of anilines is 1. The highest BCUT2D eigenvalue weighted by Crippen LogP contribution is 2.33. The van der Waals surface area contributed by atoms with Gasteiger partial charge >= 0.3 is 6.18 Å². The molecule has 1 amide bonds. The van der Waals surface area contributed by atoms with Crippen molar-refractivity contribution in [2.45, 2.75) is 18.5 Å². The molecule has 2 aromatic heterocycles. The second-order valence-corrected chi connectivity index (χ2v) is 7.92. The van der Waals surface area contributed by atoms with Gasteiger partial charge in [-0.3, -0.25) is 9.48 Å². The van der Waals surface area contributed by atoms with Gasteiger partial charge < -0.3 is 10.2 Å². The van der Waals surface area contributed by atoms with E-state index in [1.807, 2.05) is 20.3 Å². The van der Waals surface area contributed by atoms with Crippen molar-refractivity contribution in [3.05, 3.63) is 60.2 Å². The number of likely N-dealkylation sites (N-methyl/N-ethyl adjacent to an activating group) is 1. The van der Waals surface area contributed by atoms with Crippen molar-refractivity contribution >= 4 is 11.6 Å². The maximum Gasteiger partial charge on any atom is 0.416 e. The largest absolute Gasteiger partial charge is 0.416 e. The molecule has 3 heterocycles. The first-order valence-corrected chi connectivity index (χ1v) is 9.91. The summed E-state index contributed by atoms with van der Waals surface area (Å²) in [6.45, 7) is 1.55. The van der Waals surface area contributed by atoms with E-state index in [1.54, 1.807) is 10.9 Å². The number of carbonyl (C=O) groups is 1. The Kier molecular flexibility index (Phi) is 5.57. The van der Waals surface area contributed by atoms with Crippen molar-refractivity contribution in [2.75, 3.05) is 25.5 Å². The number of carbonyl (C=O) groups excluding carboxylic acids is 1. The van der Waals surface area contributed by atoms with Gasteiger partial charge in [-0.25, -0.2) is 4.68 Å². The van der Waals surface area contributed by atoms with E-state index in [1.165, 1.54) is 29.2 Å². The number of halogens is 3. The van der Waals surface area contributed by atoms with Crippen LogP contribution in [0.3, 0.4) is 0 Å². The summed E-state index contributed by atoms with van der Waals surface area (Å²) in [4.78, 5) is 15.2. The number of nitrogens with zero attached hydrogens (tertiary/aromatic N) is 5. The highest BCUT2D eigenvalue weighted by molar-refractivity contribution is 5.93. The van der Waals surface area contributed by atoms with Crippen LogP contribution in [0.1, 0.15) is 23.5 Å². The van der Waals surface area contributed by atoms with Crippen LogP contribution >= 0.6 is 0 Å². The highest BCUT2D eigenvalue weighted by Gasteiger charge is 2.35. The van der Waals surface area contributed by atoms with Gasteiger partial charge in [0.05, 0.1) is 35.5 Å². The second kappa shape index (κ2) is 8.18. The molecule has 3 aromatic rings. The predicted molar refractivity (Wildman–Crippen MR) is 109 cm³/mol. The summed E-state index contributed by atoms with van der Waals surface area (Å²) in [6.07, 6.45) is 2.93. The zero-order valence-corrected chi connectivity index (χ0v) is 17.2. The number of aromatic nitrogens is 4. The van der Waals surface area contributed by atoms with E-state index < -0.39 is 11.7 Å². The quantitative estimate of drug-likeness (QED) is 0.687. The third-order valence-corrected chi connectivity index (χ3v) is 5.59. The summed E-state index contributed by atoms with van der Waals surface area (Å²) in [5, 5.41) is 11.2. The lowest BCUT2D eigenvalue weighted by Gasteiger charge is -2.35. The number of hydrogen-bond acceptors (Lipinski definition) is 4. The lowest BCUT2D eigenvalue weighted by atomic mass is 9.81. The highest BCUT2D eigenvalue weighted by atomic mass is 19.4. The van der Waals surface area contributed by atoms with Gasteiger partial charge in [-0.15, -0.1) is 0 Å². The van der Waals surface area contributed by atoms with Gasteiger partial charge in [-0.05, 0) is 43.8 Å². The molecule has 1 saturated heterocycles. The Bertz CT molecular complexity index is 1070. The van der Waals surface area contributed by atoms with Crippen LogP contribution in [0.25, 0.3) is 5.69 Å². The fourth-order valence-electron chi connectivity index (χ4n) is 3.99. The minimum atomic E-state index is -4.43. The molecule has 4 rings (SSSR count). The average molecular weight is 432 g/mol. The van der Waals surface area contributed by atoms with E-state index in [2.05, 4.69) is 20.4 Å². The zero-order valence-electron chi connectivity index (χ0n) is 17.2. The third kappa shape index (κ3) is 4.63. The third-order valence-electron chi connectivity index (χ3n) is 5.59. The number of piperidine rings is 1. The first-order valence-electron chi connectivity index (χ1n) is 9.91. The van der Waals surface area contributed by atoms with E-state index in [9.17, 15) is 18.0 Å². The van der Waals surface area contributed by atoms with E-state index in [0.717, 1.165) is 30.8 Å². The second-order valence-electron chi connectivity index (χ2n) is 7.92. The molecule has 0 aliphatic carbocycles. The molecule has 2 unspecified atom stereocenters. The van der Waals surface area contributed by atoms with Crippen molar-refractivity contribution in [2.24, 2.45) is 13.0 Å². The fraction of sp³-hybridized carbons (Fsp3) is 0.381. The molecule has 1 fully saturated rings. The van der Waals surface area contributed by atoms with Crippen molar-refractivity contribution in [1.82, 2.24) is 24.5 Å². The van der Waals surface area contributed by atoms with E-state index in [4.69, 9.17) is 0 Å². The van der Waals surface area contributed by atoms with Crippen molar-refractivity contribution in [3.8, 4) is 5.69 Å². The Labute approximate surface area is 177 Å². The Morgan fingerprint density at radius 1 is 1.16 bits per heavy atom. The van der Waals surface area contributed by atoms with Gasteiger partial charge in [-0.1, -0.05) is 6.07 Å². The monoisotopic (exact) mass is 432 g/mol. The van der Waals surface area contributed by atoms with Crippen LogP contribution in [-0.2, 0) is 18.0 Å². The normalized spacial score (nSPS) is 20.0. The van der Waals surface area contributed by atoms with Crippen molar-refractivity contribution < 1.29 is 18.0 Å². The number of benzene rings is 1. The zero-order chi connectivity index (χ0) is 22.2. The number of rotatable bonds is 4. The Morgan fingerprint density at radius 3 is 2.68 bits per heavy atom. The molecule has 31 heavy (non-hydrogen) atoms. The van der Waals surface area contributed by atoms with Gasteiger partial charge in [0, 0.05) is 31.6 Å². The van der Waals surface area contributed by atoms with Gasteiger partial charge in [0.1, 0.15) is 0 Å². The molecule has 0 saturated carbocycles. The molecule has 0 spiro atoms. The van der Waals surface area contributed by atoms with Crippen LogP contribution in [0.15, 0.2) is 49.1 Å². The molecule has 0 radical (unpaired) electrons. The van der Waals surface area contributed by atoms with E-state index >= 15 is 0 Å². The molecule has 1 N–H and O–H groups in total. The number of likely N-dealkylation sites (tertiary alicyclic amines) is 1. The lowest BCUT2D eigenvalue weighted by molar-refractivity contribution is -0.137. The first-order chi connectivity index (χ1) is 14.7. The van der Waals surface area contributed by atoms with Crippen LogP contribution < -0.4 is 5.32 Å². The van der Waals surface area contributed by atoms with Crippen LogP contribution in [0.2, 0.25) is 0 Å². The van der Waals surface area contributed by atoms with Crippen LogP contribution in [0.5, 0.6) is 0 Å². The molecule has 164 valence electrons. The summed E-state index contributed by atoms with van der Waals surface area (Å²) >= 11 is 0. The predicted octanol–water partition coefficient (Wildman–Crippen LogP) is 3.30. The van der Waals surface area contributed by atoms with Gasteiger partial charge in [-0.2, -0.15) is 23.4 Å². The molecule has 10 heteroatoms. The number of nitrogens with one attached hydrogen (secondary N) is 1. The van der Waals surface area contributed by atoms with Gasteiger partial charge in [0.15, 0.2) is 0 Å². The SMILES string of the molecule is CN1CCC(C(=O)Nc2cnn(-c3cccc(C(F)(F)F)c3)c2)C(c2cnn(C)c2)C1. The number of alkyl halides is 3. The van der Waals surface area contributed by atoms with Crippen LogP contribution in [0.4, 0.5) is 18.9 Å². The van der Waals surface area contributed by atoms with Gasteiger partial charge in [0.2, 0.25) is 5.91 Å². The minimum absolute atomic E-state index is 0.00552. The van der Waals surface area contributed by atoms with E-state index in [0.29, 0.717) is 12.1 Å². The smallest absolute Gasteiger partial charge is 0.323 e. The standard InChI is InChI=1S/C21H23F3N6O/c1-28-7-6-18(19(13-28)14-9-25-29(2)11-14)20(31)27-16-10-26-30(12-16)17-5-3-4-15(8-17)21(22,23)24/h3-5,8-12,18-19H,6-7,13H2,1-2H3,(H,27,31). The van der Waals surface area contributed by atoms with Gasteiger partial charge in [0.25, 0.3) is 0 Å². The maximum atomic E-state index is 13.1. The molecule has 1 aliphatic rings. The summed E-state index contributed by atoms with van der Waals surface area (Å²) in [5.74, 6) is -0.367. The molecule has 1 aromatic carbocycles. The Hall–Kier alpha value is -3.14. The molecule has 0 bridgehead atoms. The summed E-state index contributed by atoms with van der Waals surface area (Å²) in [6, 6.07) is 4.89. The molecule has 2 atom stereocenters. The lowest BCUT2D eigenvalue weighted by Crippen LogP contribution is -2.41. The minimum Gasteiger partial charge on any atom is -0.323 e. The summed E-state index contributed by atoms with van der Waals surface area (Å²) in [7, 11) is 3.86. The number of amides is 1. The molecular weight excluding hydrogens is 409 g/mol. The molecule has 1 aliphatic heterocycles. The number of hydrogen-bond donors (Lipinski definition) is 1. The summed E-state index contributed by atoms with van der Waals surface area (Å²) in [5.41, 5.74) is 0.958.